The van der Waals surface area contributed by atoms with Crippen molar-refractivity contribution >= 4 is 15.6 Å². The maximum absolute atomic E-state index is 13.0. The molecule has 1 atom stereocenters. The van der Waals surface area contributed by atoms with Crippen LogP contribution in [-0.2, 0) is 18.2 Å². The average molecular weight is 290 g/mol. The second-order valence-corrected chi connectivity index (χ2v) is 4.92. The van der Waals surface area contributed by atoms with Gasteiger partial charge in [-0.05, 0) is 0 Å². The number of phosphoric acid groups is 2. The molecule has 0 aromatic heterocycles. The SMILES string of the molecule is CC(F)(OP(=O)(O)O)C(F)(F)OP(=O)(O)O. The first-order valence-corrected chi connectivity index (χ1v) is 6.32. The molecule has 8 nitrogen and oxygen atoms in total. The number of alkyl halides is 3. The van der Waals surface area contributed by atoms with E-state index in [4.69, 9.17) is 19.6 Å². The van der Waals surface area contributed by atoms with E-state index < -0.39 is 27.6 Å². The zero-order chi connectivity index (χ0) is 13.4. The van der Waals surface area contributed by atoms with Gasteiger partial charge < -0.3 is 19.6 Å². The molecule has 0 aromatic rings. The van der Waals surface area contributed by atoms with E-state index in [0.717, 1.165) is 0 Å². The highest BCUT2D eigenvalue weighted by Crippen LogP contribution is 2.53. The molecule has 0 rings (SSSR count). The van der Waals surface area contributed by atoms with Crippen molar-refractivity contribution in [2.24, 2.45) is 0 Å². The molecular formula is C3H7F3O8P2. The van der Waals surface area contributed by atoms with Gasteiger partial charge in [0.15, 0.2) is 0 Å². The first kappa shape index (κ1) is 16.0. The van der Waals surface area contributed by atoms with Crippen LogP contribution in [0.1, 0.15) is 6.92 Å². The molecule has 98 valence electrons. The maximum Gasteiger partial charge on any atom is 0.474 e. The quantitative estimate of drug-likeness (QED) is 0.537. The molecule has 0 bridgehead atoms. The zero-order valence-corrected chi connectivity index (χ0v) is 9.24. The summed E-state index contributed by atoms with van der Waals surface area (Å²) in [5.41, 5.74) is 0. The summed E-state index contributed by atoms with van der Waals surface area (Å²) in [6.07, 6.45) is -5.26. The molecule has 0 heterocycles. The Hall–Kier alpha value is 0.01000. The Morgan fingerprint density at radius 1 is 0.938 bits per heavy atom. The molecule has 0 amide bonds. The minimum Gasteiger partial charge on any atom is -0.303 e. The molecule has 16 heavy (non-hydrogen) atoms. The van der Waals surface area contributed by atoms with Crippen LogP contribution in [0.15, 0.2) is 0 Å². The summed E-state index contributed by atoms with van der Waals surface area (Å²) in [5, 5.41) is 0. The summed E-state index contributed by atoms with van der Waals surface area (Å²) in [6, 6.07) is 0. The minimum absolute atomic E-state index is 0.165. The van der Waals surface area contributed by atoms with Crippen LogP contribution in [-0.4, -0.2) is 31.5 Å². The van der Waals surface area contributed by atoms with Crippen LogP contribution in [0.5, 0.6) is 0 Å². The Morgan fingerprint density at radius 2 is 1.25 bits per heavy atom. The largest absolute Gasteiger partial charge is 0.474 e. The lowest BCUT2D eigenvalue weighted by Crippen LogP contribution is -2.44. The van der Waals surface area contributed by atoms with Gasteiger partial charge >= 0.3 is 27.6 Å². The van der Waals surface area contributed by atoms with E-state index in [2.05, 4.69) is 9.05 Å². The van der Waals surface area contributed by atoms with Gasteiger partial charge in [0.05, 0.1) is 0 Å². The third kappa shape index (κ3) is 5.37. The van der Waals surface area contributed by atoms with Gasteiger partial charge in [-0.15, -0.1) is 0 Å². The Bertz CT molecular complexity index is 308. The fourth-order valence-corrected chi connectivity index (χ4v) is 1.52. The Labute approximate surface area is 86.5 Å². The third-order valence-corrected chi connectivity index (χ3v) is 2.09. The molecular weight excluding hydrogens is 283 g/mol. The van der Waals surface area contributed by atoms with Gasteiger partial charge in [-0.2, -0.15) is 8.78 Å². The van der Waals surface area contributed by atoms with Gasteiger partial charge in [0.25, 0.3) is 0 Å². The van der Waals surface area contributed by atoms with E-state index in [1.807, 2.05) is 0 Å². The van der Waals surface area contributed by atoms with Crippen LogP contribution in [0.25, 0.3) is 0 Å². The molecule has 0 radical (unpaired) electrons. The fourth-order valence-electron chi connectivity index (χ4n) is 0.507. The smallest absolute Gasteiger partial charge is 0.303 e. The van der Waals surface area contributed by atoms with Crippen molar-refractivity contribution < 1.29 is 50.9 Å². The Morgan fingerprint density at radius 3 is 1.50 bits per heavy atom. The summed E-state index contributed by atoms with van der Waals surface area (Å²) in [6.45, 7) is -0.165. The number of rotatable bonds is 5. The van der Waals surface area contributed by atoms with Crippen molar-refractivity contribution in [2.45, 2.75) is 18.9 Å². The van der Waals surface area contributed by atoms with Gasteiger partial charge in [0, 0.05) is 6.92 Å². The third-order valence-electron chi connectivity index (χ3n) is 1.04. The Balaban J connectivity index is 4.99. The van der Waals surface area contributed by atoms with E-state index in [0.29, 0.717) is 0 Å². The molecule has 0 aromatic carbocycles. The van der Waals surface area contributed by atoms with E-state index in [1.165, 1.54) is 0 Å². The standard InChI is InChI=1S/C3H7F3O8P2/c1-2(4,13-15(7,8)9)3(5,6)14-16(10,11)12/h1H3,(H2,7,8,9)(H2,10,11,12). The van der Waals surface area contributed by atoms with E-state index in [9.17, 15) is 22.3 Å². The van der Waals surface area contributed by atoms with Crippen molar-refractivity contribution in [1.29, 1.82) is 0 Å². The number of phosphoric ester groups is 2. The normalized spacial score (nSPS) is 18.2. The van der Waals surface area contributed by atoms with Crippen molar-refractivity contribution in [3.63, 3.8) is 0 Å². The van der Waals surface area contributed by atoms with Crippen molar-refractivity contribution in [3.8, 4) is 0 Å². The monoisotopic (exact) mass is 290 g/mol. The topological polar surface area (TPSA) is 134 Å². The average Bonchev–Trinajstić information content (AvgIpc) is 1.72. The minimum atomic E-state index is -5.77. The highest BCUT2D eigenvalue weighted by Gasteiger charge is 2.60. The number of halogens is 3. The van der Waals surface area contributed by atoms with Gasteiger partial charge in [-0.1, -0.05) is 0 Å². The summed E-state index contributed by atoms with van der Waals surface area (Å²) in [4.78, 5) is 32.2. The van der Waals surface area contributed by atoms with Crippen LogP contribution in [0, 0.1) is 0 Å². The number of hydrogen-bond acceptors (Lipinski definition) is 4. The molecule has 0 aliphatic carbocycles. The van der Waals surface area contributed by atoms with Crippen molar-refractivity contribution in [1.82, 2.24) is 0 Å². The van der Waals surface area contributed by atoms with Gasteiger partial charge in [0.1, 0.15) is 0 Å². The predicted octanol–water partition coefficient (Wildman–Crippen LogP) is 0.484. The summed E-state index contributed by atoms with van der Waals surface area (Å²) < 4.78 is 64.2. The van der Waals surface area contributed by atoms with E-state index in [-0.39, 0.29) is 6.92 Å². The second-order valence-electron chi connectivity index (χ2n) is 2.60. The van der Waals surface area contributed by atoms with Gasteiger partial charge in [0.2, 0.25) is 0 Å². The molecule has 0 fully saturated rings. The molecule has 0 spiro atoms. The van der Waals surface area contributed by atoms with Crippen LogP contribution < -0.4 is 0 Å². The lowest BCUT2D eigenvalue weighted by molar-refractivity contribution is -0.327. The molecule has 0 saturated heterocycles. The lowest BCUT2D eigenvalue weighted by Gasteiger charge is -2.28. The van der Waals surface area contributed by atoms with Gasteiger partial charge in [-0.25, -0.2) is 22.6 Å². The first-order valence-electron chi connectivity index (χ1n) is 3.26. The second kappa shape index (κ2) is 4.35. The molecule has 1 unspecified atom stereocenters. The molecule has 0 aliphatic heterocycles. The highest BCUT2D eigenvalue weighted by atomic mass is 31.2. The first-order chi connectivity index (χ1) is 6.66. The molecule has 0 saturated carbocycles. The van der Waals surface area contributed by atoms with Crippen LogP contribution in [0.4, 0.5) is 13.2 Å². The van der Waals surface area contributed by atoms with Crippen LogP contribution >= 0.6 is 15.6 Å². The summed E-state index contributed by atoms with van der Waals surface area (Å²) in [5.74, 6) is -4.42. The molecule has 4 N–H and O–H groups in total. The van der Waals surface area contributed by atoms with Gasteiger partial charge in [-0.3, -0.25) is 0 Å². The number of hydrogen-bond donors (Lipinski definition) is 4. The predicted molar refractivity (Wildman–Crippen MR) is 40.7 cm³/mol. The highest BCUT2D eigenvalue weighted by molar-refractivity contribution is 7.46. The summed E-state index contributed by atoms with van der Waals surface area (Å²) in [7, 11) is -11.4. The fraction of sp³-hybridized carbons (Fsp3) is 1.00. The van der Waals surface area contributed by atoms with Crippen molar-refractivity contribution in [2.75, 3.05) is 0 Å². The van der Waals surface area contributed by atoms with Crippen LogP contribution in [0.2, 0.25) is 0 Å². The Kier molecular flexibility index (Phi) is 4.36. The zero-order valence-electron chi connectivity index (χ0n) is 7.45. The van der Waals surface area contributed by atoms with E-state index in [1.54, 1.807) is 0 Å². The lowest BCUT2D eigenvalue weighted by atomic mass is 10.3. The maximum atomic E-state index is 13.0. The van der Waals surface area contributed by atoms with E-state index >= 15 is 0 Å². The molecule has 0 aliphatic rings. The molecule has 13 heteroatoms. The summed E-state index contributed by atoms with van der Waals surface area (Å²) >= 11 is 0. The van der Waals surface area contributed by atoms with Crippen molar-refractivity contribution in [3.05, 3.63) is 0 Å². The van der Waals surface area contributed by atoms with Crippen LogP contribution in [0.3, 0.4) is 0 Å².